The van der Waals surface area contributed by atoms with Crippen LogP contribution in [0.25, 0.3) is 10.8 Å². The lowest BCUT2D eigenvalue weighted by Crippen LogP contribution is -2.63. The molecule has 0 N–H and O–H groups in total. The van der Waals surface area contributed by atoms with Gasteiger partial charge >= 0.3 is 30.0 Å². The number of esters is 4. The molecule has 1 fully saturated rings. The molecule has 0 radical (unpaired) electrons. The Hall–Kier alpha value is -4.10. The lowest BCUT2D eigenvalue weighted by molar-refractivity contribution is -0.288. The summed E-state index contributed by atoms with van der Waals surface area (Å²) in [6.45, 7) is 9.74. The molecule has 2 heterocycles. The highest BCUT2D eigenvalue weighted by atomic mass is 35.5. The standard InChI is InChI=1S/C32H38ClNO12/c1-16(35)40-15-25-27(41-17(2)36)28(42-18(3)37)29(43-19(4)38)30(45-25)44-24-12-23-26(22-11-9-8-10-21(22)24)20(13-33)14-34(23)31(39)46-32(5,6)7/h8-12,20,25,27-30H,13-15H2,1-7H3/t20-,25-,27+,28?,29-,30-/m1/s1. The number of fused-ring (bicyclic) bond motifs is 3. The number of nitrogens with zero attached hydrogens (tertiary/aromatic N) is 1. The molecule has 1 unspecified atom stereocenters. The highest BCUT2D eigenvalue weighted by molar-refractivity contribution is 6.19. The molecule has 0 bridgehead atoms. The highest BCUT2D eigenvalue weighted by Gasteiger charge is 2.53. The second-order valence-electron chi connectivity index (χ2n) is 12.0. The first-order valence-corrected chi connectivity index (χ1v) is 15.2. The molecule has 2 aromatic rings. The van der Waals surface area contributed by atoms with Crippen molar-refractivity contribution in [2.75, 3.05) is 23.9 Å². The summed E-state index contributed by atoms with van der Waals surface area (Å²) in [5, 5.41) is 1.37. The van der Waals surface area contributed by atoms with Crippen LogP contribution in [0.4, 0.5) is 10.5 Å². The number of hydrogen-bond acceptors (Lipinski definition) is 12. The number of hydrogen-bond donors (Lipinski definition) is 0. The Morgan fingerprint density at radius 1 is 0.870 bits per heavy atom. The van der Waals surface area contributed by atoms with E-state index in [0.29, 0.717) is 11.1 Å². The minimum absolute atomic E-state index is 0.214. The van der Waals surface area contributed by atoms with Crippen molar-refractivity contribution in [2.24, 2.45) is 0 Å². The molecule has 46 heavy (non-hydrogen) atoms. The van der Waals surface area contributed by atoms with Crippen molar-refractivity contribution in [3.05, 3.63) is 35.9 Å². The van der Waals surface area contributed by atoms with Gasteiger partial charge in [0, 0.05) is 57.5 Å². The van der Waals surface area contributed by atoms with E-state index < -0.39 is 72.9 Å². The molecule has 2 aromatic carbocycles. The van der Waals surface area contributed by atoms with E-state index in [0.717, 1.165) is 31.7 Å². The molecule has 0 spiro atoms. The summed E-state index contributed by atoms with van der Waals surface area (Å²) in [7, 11) is 0. The van der Waals surface area contributed by atoms with E-state index in [4.69, 9.17) is 44.8 Å². The molecule has 2 aliphatic rings. The van der Waals surface area contributed by atoms with E-state index in [9.17, 15) is 24.0 Å². The largest absolute Gasteiger partial charge is 0.463 e. The Morgan fingerprint density at radius 2 is 1.46 bits per heavy atom. The van der Waals surface area contributed by atoms with Crippen LogP contribution in [0.5, 0.6) is 5.75 Å². The zero-order valence-corrected chi connectivity index (χ0v) is 27.5. The average molecular weight is 664 g/mol. The lowest BCUT2D eigenvalue weighted by atomic mass is 9.95. The van der Waals surface area contributed by atoms with Gasteiger partial charge in [0.1, 0.15) is 24.1 Å². The van der Waals surface area contributed by atoms with E-state index in [-0.39, 0.29) is 24.1 Å². The van der Waals surface area contributed by atoms with Gasteiger partial charge in [0.05, 0.1) is 5.69 Å². The number of halogens is 1. The van der Waals surface area contributed by atoms with Gasteiger partial charge in [-0.25, -0.2) is 4.79 Å². The summed E-state index contributed by atoms with van der Waals surface area (Å²) in [5.74, 6) is -2.69. The van der Waals surface area contributed by atoms with Crippen molar-refractivity contribution < 1.29 is 57.1 Å². The van der Waals surface area contributed by atoms with E-state index in [2.05, 4.69) is 0 Å². The van der Waals surface area contributed by atoms with Gasteiger partial charge in [0.15, 0.2) is 12.2 Å². The van der Waals surface area contributed by atoms with Gasteiger partial charge in [0.2, 0.25) is 12.4 Å². The van der Waals surface area contributed by atoms with Crippen LogP contribution in [0, 0.1) is 0 Å². The third kappa shape index (κ3) is 8.00. The second kappa shape index (κ2) is 14.1. The number of anilines is 1. The van der Waals surface area contributed by atoms with Crippen molar-refractivity contribution >= 4 is 58.0 Å². The summed E-state index contributed by atoms with van der Waals surface area (Å²) in [6.07, 6.45) is -7.44. The number of benzene rings is 2. The van der Waals surface area contributed by atoms with E-state index in [1.165, 1.54) is 11.8 Å². The molecule has 6 atom stereocenters. The average Bonchev–Trinajstić information content (AvgIpc) is 3.32. The number of rotatable bonds is 8. The zero-order valence-electron chi connectivity index (χ0n) is 26.7. The third-order valence-corrected chi connectivity index (χ3v) is 7.49. The van der Waals surface area contributed by atoms with Gasteiger partial charge in [-0.05, 0) is 31.7 Å². The van der Waals surface area contributed by atoms with Crippen LogP contribution in [0.15, 0.2) is 30.3 Å². The van der Waals surface area contributed by atoms with Gasteiger partial charge in [-0.3, -0.25) is 24.1 Å². The molecule has 2 aliphatic heterocycles. The van der Waals surface area contributed by atoms with E-state index in [1.807, 2.05) is 12.1 Å². The number of ether oxygens (including phenoxy) is 7. The van der Waals surface area contributed by atoms with Crippen LogP contribution in [0.2, 0.25) is 0 Å². The van der Waals surface area contributed by atoms with Crippen molar-refractivity contribution in [3.63, 3.8) is 0 Å². The third-order valence-electron chi connectivity index (χ3n) is 7.12. The van der Waals surface area contributed by atoms with Crippen molar-refractivity contribution in [1.29, 1.82) is 0 Å². The van der Waals surface area contributed by atoms with Crippen LogP contribution >= 0.6 is 11.6 Å². The predicted molar refractivity (Wildman–Crippen MR) is 164 cm³/mol. The summed E-state index contributed by atoms with van der Waals surface area (Å²) >= 11 is 6.39. The summed E-state index contributed by atoms with van der Waals surface area (Å²) in [5.41, 5.74) is 0.561. The smallest absolute Gasteiger partial charge is 0.414 e. The summed E-state index contributed by atoms with van der Waals surface area (Å²) < 4.78 is 40.0. The van der Waals surface area contributed by atoms with Gasteiger partial charge in [-0.2, -0.15) is 0 Å². The lowest BCUT2D eigenvalue weighted by Gasteiger charge is -2.44. The Balaban J connectivity index is 1.84. The molecular formula is C32H38ClNO12. The fourth-order valence-corrected chi connectivity index (χ4v) is 5.79. The maximum Gasteiger partial charge on any atom is 0.414 e. The van der Waals surface area contributed by atoms with Gasteiger partial charge < -0.3 is 33.2 Å². The van der Waals surface area contributed by atoms with Crippen molar-refractivity contribution in [2.45, 2.75) is 90.7 Å². The van der Waals surface area contributed by atoms with Crippen LogP contribution in [-0.4, -0.2) is 85.3 Å². The summed E-state index contributed by atoms with van der Waals surface area (Å²) in [6, 6.07) is 8.94. The SMILES string of the molecule is CC(=O)OC[C@H]1O[C@@H](Oc2cc3c(c4ccccc24)[C@H](CCl)CN3C(=O)OC(C)(C)C)[C@H](OC(C)=O)C(OC(C)=O)[C@H]1OC(C)=O. The van der Waals surface area contributed by atoms with Crippen LogP contribution in [0.3, 0.4) is 0 Å². The molecule has 13 nitrogen and oxygen atoms in total. The molecule has 0 aliphatic carbocycles. The maximum atomic E-state index is 13.3. The first-order chi connectivity index (χ1) is 21.6. The van der Waals surface area contributed by atoms with Gasteiger partial charge in [0.25, 0.3) is 0 Å². The Morgan fingerprint density at radius 3 is 2.02 bits per heavy atom. The van der Waals surface area contributed by atoms with Gasteiger partial charge in [-0.1, -0.05) is 24.3 Å². The Bertz CT molecular complexity index is 1500. The topological polar surface area (TPSA) is 153 Å². The number of amides is 1. The van der Waals surface area contributed by atoms with Crippen LogP contribution in [-0.2, 0) is 47.6 Å². The monoisotopic (exact) mass is 663 g/mol. The minimum atomic E-state index is -1.47. The van der Waals surface area contributed by atoms with Crippen molar-refractivity contribution in [3.8, 4) is 5.75 Å². The molecule has 1 amide bonds. The Labute approximate surface area is 271 Å². The fourth-order valence-electron chi connectivity index (χ4n) is 5.53. The normalized spacial score (nSPS) is 24.0. The number of alkyl halides is 1. The Kier molecular flexibility index (Phi) is 10.7. The summed E-state index contributed by atoms with van der Waals surface area (Å²) in [4.78, 5) is 63.2. The highest BCUT2D eigenvalue weighted by Crippen LogP contribution is 2.46. The van der Waals surface area contributed by atoms with E-state index in [1.54, 1.807) is 39.0 Å². The maximum absolute atomic E-state index is 13.3. The quantitative estimate of drug-likeness (QED) is 0.224. The fraction of sp³-hybridized carbons (Fsp3) is 0.531. The molecule has 250 valence electrons. The first kappa shape index (κ1) is 34.8. The van der Waals surface area contributed by atoms with Crippen molar-refractivity contribution in [1.82, 2.24) is 0 Å². The minimum Gasteiger partial charge on any atom is -0.463 e. The second-order valence-corrected chi connectivity index (χ2v) is 12.3. The molecule has 14 heteroatoms. The number of carbonyl (C=O) groups excluding carboxylic acids is 5. The molecular weight excluding hydrogens is 626 g/mol. The van der Waals surface area contributed by atoms with Gasteiger partial charge in [-0.15, -0.1) is 11.6 Å². The zero-order chi connectivity index (χ0) is 33.9. The van der Waals surface area contributed by atoms with E-state index >= 15 is 0 Å². The molecule has 0 saturated carbocycles. The first-order valence-electron chi connectivity index (χ1n) is 14.7. The van der Waals surface area contributed by atoms with Crippen LogP contribution < -0.4 is 9.64 Å². The van der Waals surface area contributed by atoms with Crippen LogP contribution in [0.1, 0.15) is 59.9 Å². The molecule has 0 aromatic heterocycles. The molecule has 4 rings (SSSR count). The molecule has 1 saturated heterocycles. The predicted octanol–water partition coefficient (Wildman–Crippen LogP) is 4.38. The number of carbonyl (C=O) groups is 5.